The first-order chi connectivity index (χ1) is 9.44. The molecule has 1 fully saturated rings. The number of amides is 1. The summed E-state index contributed by atoms with van der Waals surface area (Å²) in [6.07, 6.45) is 3.10. The predicted molar refractivity (Wildman–Crippen MR) is 87.7 cm³/mol. The summed E-state index contributed by atoms with van der Waals surface area (Å²) >= 11 is 5.44. The maximum absolute atomic E-state index is 12.2. The van der Waals surface area contributed by atoms with Gasteiger partial charge in [-0.1, -0.05) is 28.8 Å². The Hall–Kier alpha value is -0.630. The average molecular weight is 452 g/mol. The molecule has 0 bridgehead atoms. The van der Waals surface area contributed by atoms with Crippen LogP contribution in [0, 0.1) is 8.99 Å². The molecule has 0 spiro atoms. The van der Waals surface area contributed by atoms with Gasteiger partial charge >= 0.3 is 5.97 Å². The van der Waals surface area contributed by atoms with Gasteiger partial charge < -0.3 is 10.4 Å². The fraction of sp³-hybridized carbons (Fsp3) is 0.429. The van der Waals surface area contributed by atoms with Gasteiger partial charge in [0, 0.05) is 14.6 Å². The second kappa shape index (κ2) is 6.43. The molecule has 0 unspecified atom stereocenters. The summed E-state index contributed by atoms with van der Waals surface area (Å²) in [5.41, 5.74) is -0.217. The molecule has 108 valence electrons. The van der Waals surface area contributed by atoms with Gasteiger partial charge in [0.2, 0.25) is 0 Å². The van der Waals surface area contributed by atoms with Crippen LogP contribution in [0.1, 0.15) is 36.0 Å². The first-order valence-corrected chi connectivity index (χ1v) is 8.28. The van der Waals surface area contributed by atoms with Gasteiger partial charge in [0.1, 0.15) is 0 Å². The molecule has 0 saturated heterocycles. The lowest BCUT2D eigenvalue weighted by atomic mass is 9.86. The van der Waals surface area contributed by atoms with Crippen LogP contribution in [0.2, 0.25) is 0 Å². The fourth-order valence-corrected chi connectivity index (χ4v) is 3.48. The van der Waals surface area contributed by atoms with Crippen molar-refractivity contribution < 1.29 is 14.7 Å². The van der Waals surface area contributed by atoms with Crippen LogP contribution in [0.3, 0.4) is 0 Å². The SMILES string of the molecule is O=C(NCC1(C(=O)O)CCCC1)c1cc(Br)ccc1I. The largest absolute Gasteiger partial charge is 0.481 e. The number of carboxylic acid groups (broad SMARTS) is 1. The molecule has 2 N–H and O–H groups in total. The molecule has 2 rings (SSSR count). The molecule has 0 atom stereocenters. The van der Waals surface area contributed by atoms with E-state index in [2.05, 4.69) is 43.8 Å². The van der Waals surface area contributed by atoms with Crippen molar-refractivity contribution in [2.75, 3.05) is 6.54 Å². The van der Waals surface area contributed by atoms with Gasteiger partial charge in [0.25, 0.3) is 5.91 Å². The van der Waals surface area contributed by atoms with Crippen LogP contribution in [0.25, 0.3) is 0 Å². The molecule has 0 heterocycles. The molecule has 1 aliphatic carbocycles. The quantitative estimate of drug-likeness (QED) is 0.689. The first kappa shape index (κ1) is 15.8. The lowest BCUT2D eigenvalue weighted by molar-refractivity contribution is -0.148. The number of hydrogen-bond acceptors (Lipinski definition) is 2. The summed E-state index contributed by atoms with van der Waals surface area (Å²) in [5, 5.41) is 12.2. The van der Waals surface area contributed by atoms with E-state index in [4.69, 9.17) is 0 Å². The number of carbonyl (C=O) groups excluding carboxylic acids is 1. The van der Waals surface area contributed by atoms with E-state index in [-0.39, 0.29) is 12.5 Å². The standard InChI is InChI=1S/C14H15BrINO3/c15-9-3-4-11(16)10(7-9)12(18)17-8-14(13(19)20)5-1-2-6-14/h3-4,7H,1-2,5-6,8H2,(H,17,18)(H,19,20). The molecule has 20 heavy (non-hydrogen) atoms. The Morgan fingerprint density at radius 1 is 1.35 bits per heavy atom. The van der Waals surface area contributed by atoms with Gasteiger partial charge in [-0.15, -0.1) is 0 Å². The first-order valence-electron chi connectivity index (χ1n) is 6.41. The number of aliphatic carboxylic acids is 1. The lowest BCUT2D eigenvalue weighted by Crippen LogP contribution is -2.41. The minimum atomic E-state index is -0.806. The summed E-state index contributed by atoms with van der Waals surface area (Å²) in [7, 11) is 0. The van der Waals surface area contributed by atoms with Crippen LogP contribution in [-0.4, -0.2) is 23.5 Å². The van der Waals surface area contributed by atoms with Crippen LogP contribution < -0.4 is 5.32 Å². The van der Waals surface area contributed by atoms with Crippen LogP contribution in [-0.2, 0) is 4.79 Å². The van der Waals surface area contributed by atoms with E-state index in [0.29, 0.717) is 18.4 Å². The van der Waals surface area contributed by atoms with E-state index in [9.17, 15) is 14.7 Å². The maximum atomic E-state index is 12.2. The molecule has 0 aromatic heterocycles. The minimum absolute atomic E-state index is 0.198. The third-order valence-electron chi connectivity index (χ3n) is 3.77. The van der Waals surface area contributed by atoms with E-state index in [1.165, 1.54) is 0 Å². The lowest BCUT2D eigenvalue weighted by Gasteiger charge is -2.24. The molecule has 0 radical (unpaired) electrons. The molecule has 6 heteroatoms. The Labute approximate surface area is 139 Å². The highest BCUT2D eigenvalue weighted by atomic mass is 127. The van der Waals surface area contributed by atoms with E-state index in [1.807, 2.05) is 12.1 Å². The fourth-order valence-electron chi connectivity index (χ4n) is 2.53. The Bertz CT molecular complexity index is 541. The van der Waals surface area contributed by atoms with E-state index >= 15 is 0 Å². The third-order valence-corrected chi connectivity index (χ3v) is 5.21. The highest BCUT2D eigenvalue weighted by Gasteiger charge is 2.41. The van der Waals surface area contributed by atoms with Crippen molar-refractivity contribution in [3.05, 3.63) is 31.8 Å². The maximum Gasteiger partial charge on any atom is 0.311 e. The van der Waals surface area contributed by atoms with Crippen molar-refractivity contribution in [3.63, 3.8) is 0 Å². The molecular formula is C14H15BrINO3. The van der Waals surface area contributed by atoms with Crippen molar-refractivity contribution >= 4 is 50.4 Å². The molecule has 1 saturated carbocycles. The zero-order chi connectivity index (χ0) is 14.8. The number of carboxylic acids is 1. The summed E-state index contributed by atoms with van der Waals surface area (Å²) in [5.74, 6) is -1.03. The van der Waals surface area contributed by atoms with Gasteiger partial charge in [0.15, 0.2) is 0 Å². The smallest absolute Gasteiger partial charge is 0.311 e. The molecular weight excluding hydrogens is 437 g/mol. The van der Waals surface area contributed by atoms with E-state index < -0.39 is 11.4 Å². The highest BCUT2D eigenvalue weighted by Crippen LogP contribution is 2.37. The Morgan fingerprint density at radius 3 is 2.60 bits per heavy atom. The molecule has 0 aliphatic heterocycles. The van der Waals surface area contributed by atoms with Gasteiger partial charge in [0.05, 0.1) is 11.0 Å². The zero-order valence-electron chi connectivity index (χ0n) is 10.8. The number of rotatable bonds is 4. The topological polar surface area (TPSA) is 66.4 Å². The minimum Gasteiger partial charge on any atom is -0.481 e. The number of carbonyl (C=O) groups is 2. The molecule has 1 aromatic rings. The van der Waals surface area contributed by atoms with Crippen LogP contribution in [0.5, 0.6) is 0 Å². The summed E-state index contributed by atoms with van der Waals surface area (Å²) < 4.78 is 1.68. The number of hydrogen-bond donors (Lipinski definition) is 2. The van der Waals surface area contributed by atoms with Gasteiger partial charge in [-0.3, -0.25) is 9.59 Å². The van der Waals surface area contributed by atoms with Gasteiger partial charge in [-0.25, -0.2) is 0 Å². The van der Waals surface area contributed by atoms with E-state index in [1.54, 1.807) is 6.07 Å². The Kier molecular flexibility index (Phi) is 5.06. The second-order valence-corrected chi connectivity index (χ2v) is 7.18. The van der Waals surface area contributed by atoms with E-state index in [0.717, 1.165) is 20.9 Å². The highest BCUT2D eigenvalue weighted by molar-refractivity contribution is 14.1. The molecule has 4 nitrogen and oxygen atoms in total. The number of nitrogens with one attached hydrogen (secondary N) is 1. The Morgan fingerprint density at radius 2 is 2.00 bits per heavy atom. The number of halogens is 2. The van der Waals surface area contributed by atoms with Crippen LogP contribution in [0.15, 0.2) is 22.7 Å². The third kappa shape index (κ3) is 3.33. The van der Waals surface area contributed by atoms with Gasteiger partial charge in [-0.2, -0.15) is 0 Å². The van der Waals surface area contributed by atoms with Crippen LogP contribution >= 0.6 is 38.5 Å². The number of benzene rings is 1. The van der Waals surface area contributed by atoms with Crippen molar-refractivity contribution in [2.45, 2.75) is 25.7 Å². The predicted octanol–water partition coefficient (Wildman–Crippen LogP) is 3.43. The second-order valence-electron chi connectivity index (χ2n) is 5.10. The average Bonchev–Trinajstić information content (AvgIpc) is 2.89. The normalized spacial score (nSPS) is 16.9. The monoisotopic (exact) mass is 451 g/mol. The van der Waals surface area contributed by atoms with Crippen molar-refractivity contribution in [1.29, 1.82) is 0 Å². The molecule has 1 aromatic carbocycles. The zero-order valence-corrected chi connectivity index (χ0v) is 14.5. The molecule has 1 aliphatic rings. The van der Waals surface area contributed by atoms with Crippen LogP contribution in [0.4, 0.5) is 0 Å². The van der Waals surface area contributed by atoms with Gasteiger partial charge in [-0.05, 0) is 53.6 Å². The molecule has 1 amide bonds. The van der Waals surface area contributed by atoms with Crippen molar-refractivity contribution in [1.82, 2.24) is 5.32 Å². The summed E-state index contributed by atoms with van der Waals surface area (Å²) in [4.78, 5) is 23.6. The summed E-state index contributed by atoms with van der Waals surface area (Å²) in [6.45, 7) is 0.198. The summed E-state index contributed by atoms with van der Waals surface area (Å²) in [6, 6.07) is 5.47. The Balaban J connectivity index is 2.08. The van der Waals surface area contributed by atoms with Crippen molar-refractivity contribution in [2.24, 2.45) is 5.41 Å². The van der Waals surface area contributed by atoms with Crippen molar-refractivity contribution in [3.8, 4) is 0 Å².